The Hall–Kier alpha value is -3.21. The fourth-order valence-corrected chi connectivity index (χ4v) is 4.53. The maximum Gasteiger partial charge on any atom is 0.333 e. The summed E-state index contributed by atoms with van der Waals surface area (Å²) < 4.78 is 6.42. The number of esters is 1. The number of ether oxygens (including phenoxy) is 1. The minimum Gasteiger partial charge on any atom is -0.456 e. The van der Waals surface area contributed by atoms with Gasteiger partial charge in [-0.05, 0) is 42.5 Å². The fourth-order valence-electron chi connectivity index (χ4n) is 4.53. The van der Waals surface area contributed by atoms with Crippen LogP contribution in [-0.4, -0.2) is 66.1 Å². The first-order chi connectivity index (χ1) is 14.6. The highest BCUT2D eigenvalue weighted by atomic mass is 16.5. The lowest BCUT2D eigenvalue weighted by Crippen LogP contribution is -2.42. The number of nitrogens with zero attached hydrogens (tertiary/aromatic N) is 7. The molecule has 2 aromatic rings. The van der Waals surface area contributed by atoms with E-state index in [0.717, 1.165) is 37.8 Å². The van der Waals surface area contributed by atoms with Crippen molar-refractivity contribution in [3.05, 3.63) is 36.2 Å². The highest BCUT2D eigenvalue weighted by Gasteiger charge is 2.49. The van der Waals surface area contributed by atoms with Gasteiger partial charge in [0.15, 0.2) is 5.82 Å². The van der Waals surface area contributed by atoms with Gasteiger partial charge in [0.1, 0.15) is 12.9 Å². The molecule has 1 N–H and O–H groups in total. The molecule has 2 aromatic heterocycles. The molecule has 0 radical (unpaired) electrons. The molecule has 3 aliphatic rings. The van der Waals surface area contributed by atoms with Gasteiger partial charge in [-0.1, -0.05) is 0 Å². The Morgan fingerprint density at radius 1 is 1.17 bits per heavy atom. The number of nitrogens with one attached hydrogen (secondary N) is 1. The lowest BCUT2D eigenvalue weighted by molar-refractivity contribution is -0.138. The number of cyclic esters (lactones) is 1. The first-order valence-electron chi connectivity index (χ1n) is 10.1. The Morgan fingerprint density at radius 2 is 2.03 bits per heavy atom. The molecule has 5 rings (SSSR count). The molecule has 2 aliphatic heterocycles. The lowest BCUT2D eigenvalue weighted by Gasteiger charge is -2.36. The van der Waals surface area contributed by atoms with Gasteiger partial charge in [-0.25, -0.2) is 9.78 Å². The van der Waals surface area contributed by atoms with Crippen molar-refractivity contribution in [2.75, 3.05) is 13.2 Å². The summed E-state index contributed by atoms with van der Waals surface area (Å²) in [4.78, 5) is 34.9. The fraction of sp³-hybridized carbons (Fsp3) is 0.526. The number of hydrogen-bond acceptors (Lipinski definition) is 9. The molecule has 1 amide bonds. The highest BCUT2D eigenvalue weighted by molar-refractivity contribution is 5.90. The summed E-state index contributed by atoms with van der Waals surface area (Å²) in [7, 11) is 0. The zero-order valence-electron chi connectivity index (χ0n) is 16.4. The van der Waals surface area contributed by atoms with Crippen molar-refractivity contribution in [1.82, 2.24) is 40.4 Å². The van der Waals surface area contributed by atoms with Gasteiger partial charge in [-0.2, -0.15) is 4.68 Å². The summed E-state index contributed by atoms with van der Waals surface area (Å²) in [6.07, 6.45) is 10.7. The number of amides is 1. The molecule has 4 heterocycles. The molecule has 1 spiro atoms. The third-order valence-electron chi connectivity index (χ3n) is 6.30. The first kappa shape index (κ1) is 18.8. The Labute approximate surface area is 172 Å². The third-order valence-corrected chi connectivity index (χ3v) is 6.30. The van der Waals surface area contributed by atoms with Crippen molar-refractivity contribution in [3.8, 4) is 5.82 Å². The van der Waals surface area contributed by atoms with Gasteiger partial charge in [0.2, 0.25) is 5.91 Å². The zero-order valence-corrected chi connectivity index (χ0v) is 16.4. The van der Waals surface area contributed by atoms with E-state index in [4.69, 9.17) is 4.74 Å². The Bertz CT molecular complexity index is 964. The molecule has 0 unspecified atom stereocenters. The third kappa shape index (κ3) is 3.45. The lowest BCUT2D eigenvalue weighted by atomic mass is 9.71. The van der Waals surface area contributed by atoms with E-state index in [1.807, 2.05) is 0 Å². The number of rotatable bonds is 5. The van der Waals surface area contributed by atoms with E-state index < -0.39 is 0 Å². The van der Waals surface area contributed by atoms with Crippen molar-refractivity contribution in [1.29, 1.82) is 0 Å². The van der Waals surface area contributed by atoms with Crippen molar-refractivity contribution >= 4 is 11.9 Å². The van der Waals surface area contributed by atoms with Crippen LogP contribution >= 0.6 is 0 Å². The van der Waals surface area contributed by atoms with Crippen LogP contribution < -0.4 is 5.32 Å². The number of likely N-dealkylation sites (tertiary alicyclic amines) is 1. The van der Waals surface area contributed by atoms with E-state index in [0.29, 0.717) is 30.6 Å². The van der Waals surface area contributed by atoms with E-state index in [-0.39, 0.29) is 23.9 Å². The second-order valence-electron chi connectivity index (χ2n) is 8.01. The SMILES string of the molecule is O=C1C=C(N2CC[C@]3(CC[C@H](NCc4cnc(-n5cnnn5)cn4)CC3)C2=O)CO1. The molecule has 0 atom stereocenters. The zero-order chi connectivity index (χ0) is 20.6. The van der Waals surface area contributed by atoms with Crippen LogP contribution in [0.1, 0.15) is 37.8 Å². The normalized spacial score (nSPS) is 26.3. The minimum atomic E-state index is -0.360. The predicted molar refractivity (Wildman–Crippen MR) is 102 cm³/mol. The monoisotopic (exact) mass is 410 g/mol. The number of carbonyl (C=O) groups is 2. The molecule has 0 aromatic carbocycles. The Balaban J connectivity index is 1.14. The van der Waals surface area contributed by atoms with Crippen LogP contribution in [0.3, 0.4) is 0 Å². The summed E-state index contributed by atoms with van der Waals surface area (Å²) >= 11 is 0. The molecule has 156 valence electrons. The summed E-state index contributed by atoms with van der Waals surface area (Å²) in [5, 5.41) is 14.5. The number of hydrogen-bond donors (Lipinski definition) is 1. The van der Waals surface area contributed by atoms with Crippen LogP contribution in [0.4, 0.5) is 0 Å². The molecule has 1 saturated heterocycles. The van der Waals surface area contributed by atoms with Crippen LogP contribution in [0.25, 0.3) is 5.82 Å². The summed E-state index contributed by atoms with van der Waals surface area (Å²) in [5.41, 5.74) is 1.25. The largest absolute Gasteiger partial charge is 0.456 e. The number of aromatic nitrogens is 6. The van der Waals surface area contributed by atoms with Gasteiger partial charge < -0.3 is 15.0 Å². The summed E-state index contributed by atoms with van der Waals surface area (Å²) in [6.45, 7) is 1.49. The molecule has 2 fully saturated rings. The van der Waals surface area contributed by atoms with Gasteiger partial charge >= 0.3 is 5.97 Å². The standard InChI is InChI=1S/C19H22N8O3/c28-17-7-15(11-30-17)26-6-5-19(18(26)29)3-1-13(2-4-19)20-8-14-9-22-16(10-21-14)27-12-23-24-25-27/h7,9-10,12-13,20H,1-6,8,11H2/t13-,19+. The molecule has 0 bridgehead atoms. The Kier molecular flexibility index (Phi) is 4.74. The van der Waals surface area contributed by atoms with Gasteiger partial charge in [0.05, 0.1) is 29.2 Å². The van der Waals surface area contributed by atoms with Crippen molar-refractivity contribution in [3.63, 3.8) is 0 Å². The smallest absolute Gasteiger partial charge is 0.333 e. The Morgan fingerprint density at radius 3 is 2.70 bits per heavy atom. The summed E-state index contributed by atoms with van der Waals surface area (Å²) in [5.74, 6) is 0.354. The topological polar surface area (TPSA) is 128 Å². The molecule has 1 aliphatic carbocycles. The van der Waals surface area contributed by atoms with E-state index >= 15 is 0 Å². The van der Waals surface area contributed by atoms with Crippen LogP contribution in [0.2, 0.25) is 0 Å². The maximum atomic E-state index is 13.1. The van der Waals surface area contributed by atoms with Crippen LogP contribution in [-0.2, 0) is 20.9 Å². The van der Waals surface area contributed by atoms with Crippen LogP contribution in [0.15, 0.2) is 30.5 Å². The van der Waals surface area contributed by atoms with Gasteiger partial charge in [0.25, 0.3) is 0 Å². The number of tetrazole rings is 1. The second kappa shape index (κ2) is 7.56. The molecular formula is C19H22N8O3. The first-order valence-corrected chi connectivity index (χ1v) is 10.1. The molecule has 30 heavy (non-hydrogen) atoms. The van der Waals surface area contributed by atoms with Gasteiger partial charge in [-0.15, -0.1) is 5.10 Å². The van der Waals surface area contributed by atoms with Crippen LogP contribution in [0.5, 0.6) is 0 Å². The van der Waals surface area contributed by atoms with E-state index in [1.165, 1.54) is 17.1 Å². The average molecular weight is 410 g/mol. The highest BCUT2D eigenvalue weighted by Crippen LogP contribution is 2.46. The second-order valence-corrected chi connectivity index (χ2v) is 8.01. The molecular weight excluding hydrogens is 388 g/mol. The maximum absolute atomic E-state index is 13.1. The van der Waals surface area contributed by atoms with Crippen molar-refractivity contribution in [2.24, 2.45) is 5.41 Å². The molecule has 11 heteroatoms. The number of carbonyl (C=O) groups excluding carboxylic acids is 2. The molecule has 1 saturated carbocycles. The van der Waals surface area contributed by atoms with Gasteiger partial charge in [0, 0.05) is 25.2 Å². The van der Waals surface area contributed by atoms with E-state index in [9.17, 15) is 9.59 Å². The predicted octanol–water partition coefficient (Wildman–Crippen LogP) is 0.144. The van der Waals surface area contributed by atoms with E-state index in [1.54, 1.807) is 17.3 Å². The van der Waals surface area contributed by atoms with Gasteiger partial charge in [-0.3, -0.25) is 9.78 Å². The average Bonchev–Trinajstić information content (AvgIpc) is 3.51. The molecule has 11 nitrogen and oxygen atoms in total. The van der Waals surface area contributed by atoms with Crippen molar-refractivity contribution < 1.29 is 14.3 Å². The minimum absolute atomic E-state index is 0.148. The van der Waals surface area contributed by atoms with Crippen LogP contribution in [0, 0.1) is 5.41 Å². The van der Waals surface area contributed by atoms with Crippen molar-refractivity contribution in [2.45, 2.75) is 44.7 Å². The quantitative estimate of drug-likeness (QED) is 0.685. The van der Waals surface area contributed by atoms with E-state index in [2.05, 4.69) is 30.8 Å². The summed E-state index contributed by atoms with van der Waals surface area (Å²) in [6, 6.07) is 0.342.